The highest BCUT2D eigenvalue weighted by atomic mass is 16.4. The van der Waals surface area contributed by atoms with Crippen LogP contribution in [0.1, 0.15) is 26.2 Å². The maximum atomic E-state index is 11.0. The Morgan fingerprint density at radius 2 is 2.21 bits per heavy atom. The zero-order valence-electron chi connectivity index (χ0n) is 11.3. The summed E-state index contributed by atoms with van der Waals surface area (Å²) in [5.74, 6) is -0.712. The largest absolute Gasteiger partial charge is 0.480 e. The molecule has 0 bridgehead atoms. The number of nitrogens with one attached hydrogen (secondary N) is 2. The molecule has 106 valence electrons. The van der Waals surface area contributed by atoms with Gasteiger partial charge in [0.05, 0.1) is 0 Å². The van der Waals surface area contributed by atoms with E-state index in [-0.39, 0.29) is 17.9 Å². The summed E-state index contributed by atoms with van der Waals surface area (Å²) in [5.41, 5.74) is 0.943. The second kappa shape index (κ2) is 7.09. The van der Waals surface area contributed by atoms with Crippen molar-refractivity contribution in [1.82, 2.24) is 10.6 Å². The number of carboxylic acids is 1. The fourth-order valence-electron chi connectivity index (χ4n) is 2.31. The van der Waals surface area contributed by atoms with Crippen LogP contribution in [0.25, 0.3) is 0 Å². The number of hydrogen-bond donors (Lipinski definition) is 3. The normalized spacial score (nSPS) is 25.8. The highest BCUT2D eigenvalue weighted by Gasteiger charge is 2.35. The fraction of sp³-hybridized carbons (Fsp3) is 0.571. The van der Waals surface area contributed by atoms with E-state index in [1.807, 2.05) is 6.08 Å². The first-order valence-electron chi connectivity index (χ1n) is 6.46. The van der Waals surface area contributed by atoms with Crippen LogP contribution < -0.4 is 10.6 Å². The van der Waals surface area contributed by atoms with E-state index in [1.165, 1.54) is 6.92 Å². The Hall–Kier alpha value is -1.62. The van der Waals surface area contributed by atoms with Gasteiger partial charge in [-0.1, -0.05) is 18.2 Å². The summed E-state index contributed by atoms with van der Waals surface area (Å²) in [7, 11) is 0. The third-order valence-electron chi connectivity index (χ3n) is 3.44. The van der Waals surface area contributed by atoms with E-state index in [4.69, 9.17) is 5.11 Å². The second-order valence-electron chi connectivity index (χ2n) is 5.00. The van der Waals surface area contributed by atoms with Crippen LogP contribution in [0, 0.1) is 5.92 Å². The second-order valence-corrected chi connectivity index (χ2v) is 5.00. The Balaban J connectivity index is 2.39. The van der Waals surface area contributed by atoms with Crippen molar-refractivity contribution in [2.75, 3.05) is 6.54 Å². The van der Waals surface area contributed by atoms with Crippen LogP contribution in [0.4, 0.5) is 0 Å². The van der Waals surface area contributed by atoms with E-state index in [0.29, 0.717) is 13.0 Å². The van der Waals surface area contributed by atoms with Crippen LogP contribution in [0.15, 0.2) is 24.8 Å². The minimum absolute atomic E-state index is 0.0740. The SMILES string of the molecule is C=C[C@@H]1C[C@H](C(=O)O)N[C@@H]1CCC(=C)CNC(C)=O. The Labute approximate surface area is 113 Å². The Morgan fingerprint density at radius 3 is 2.74 bits per heavy atom. The minimum Gasteiger partial charge on any atom is -0.480 e. The summed E-state index contributed by atoms with van der Waals surface area (Å²) < 4.78 is 0. The van der Waals surface area contributed by atoms with E-state index >= 15 is 0 Å². The van der Waals surface area contributed by atoms with Crippen molar-refractivity contribution < 1.29 is 14.7 Å². The molecule has 19 heavy (non-hydrogen) atoms. The van der Waals surface area contributed by atoms with Crippen LogP contribution in [-0.4, -0.2) is 35.6 Å². The van der Waals surface area contributed by atoms with Crippen molar-refractivity contribution in [1.29, 1.82) is 0 Å². The molecule has 0 spiro atoms. The van der Waals surface area contributed by atoms with Gasteiger partial charge in [0.1, 0.15) is 6.04 Å². The number of amides is 1. The van der Waals surface area contributed by atoms with Gasteiger partial charge < -0.3 is 15.7 Å². The average molecular weight is 266 g/mol. The van der Waals surface area contributed by atoms with Gasteiger partial charge in [-0.2, -0.15) is 0 Å². The quantitative estimate of drug-likeness (QED) is 0.602. The van der Waals surface area contributed by atoms with Crippen LogP contribution in [-0.2, 0) is 9.59 Å². The van der Waals surface area contributed by atoms with E-state index in [0.717, 1.165) is 18.4 Å². The summed E-state index contributed by atoms with van der Waals surface area (Å²) in [5, 5.41) is 14.8. The van der Waals surface area contributed by atoms with Gasteiger partial charge in [0.15, 0.2) is 0 Å². The molecule has 0 aromatic carbocycles. The lowest BCUT2D eigenvalue weighted by Crippen LogP contribution is -2.36. The van der Waals surface area contributed by atoms with Crippen molar-refractivity contribution in [2.24, 2.45) is 5.92 Å². The molecule has 1 fully saturated rings. The predicted octanol–water partition coefficient (Wildman–Crippen LogP) is 1.08. The van der Waals surface area contributed by atoms with E-state index in [9.17, 15) is 9.59 Å². The Morgan fingerprint density at radius 1 is 1.53 bits per heavy atom. The Kier molecular flexibility index (Phi) is 5.76. The monoisotopic (exact) mass is 266 g/mol. The predicted molar refractivity (Wildman–Crippen MR) is 73.7 cm³/mol. The smallest absolute Gasteiger partial charge is 0.320 e. The third-order valence-corrected chi connectivity index (χ3v) is 3.44. The molecule has 0 aromatic rings. The standard InChI is InChI=1S/C14H22N2O3/c1-4-11-7-13(14(18)19)16-12(11)6-5-9(2)8-15-10(3)17/h4,11-13,16H,1-2,5-8H2,3H3,(H,15,17)(H,18,19)/t11-,12-,13-/m1/s1. The lowest BCUT2D eigenvalue weighted by Gasteiger charge is -2.17. The molecular weight excluding hydrogens is 244 g/mol. The summed E-state index contributed by atoms with van der Waals surface area (Å²) >= 11 is 0. The molecule has 5 nitrogen and oxygen atoms in total. The first kappa shape index (κ1) is 15.4. The van der Waals surface area contributed by atoms with Crippen LogP contribution in [0.2, 0.25) is 0 Å². The third kappa shape index (κ3) is 4.87. The molecule has 1 amide bonds. The van der Waals surface area contributed by atoms with Crippen LogP contribution in [0.3, 0.4) is 0 Å². The van der Waals surface area contributed by atoms with Gasteiger partial charge in [0, 0.05) is 19.5 Å². The number of carbonyl (C=O) groups excluding carboxylic acids is 1. The summed E-state index contributed by atoms with van der Waals surface area (Å²) in [6.45, 7) is 9.61. The number of carboxylic acid groups (broad SMARTS) is 1. The molecule has 0 radical (unpaired) electrons. The molecule has 1 saturated heterocycles. The number of carbonyl (C=O) groups is 2. The van der Waals surface area contributed by atoms with Crippen molar-refractivity contribution in [2.45, 2.75) is 38.3 Å². The minimum atomic E-state index is -0.813. The number of hydrogen-bond acceptors (Lipinski definition) is 3. The summed E-state index contributed by atoms with van der Waals surface area (Å²) in [4.78, 5) is 21.7. The average Bonchev–Trinajstić information content (AvgIpc) is 2.77. The van der Waals surface area contributed by atoms with Gasteiger partial charge in [0.25, 0.3) is 0 Å². The molecular formula is C14H22N2O3. The van der Waals surface area contributed by atoms with Crippen molar-refractivity contribution in [3.63, 3.8) is 0 Å². The maximum absolute atomic E-state index is 11.0. The molecule has 3 atom stereocenters. The van der Waals surface area contributed by atoms with Crippen molar-refractivity contribution in [3.05, 3.63) is 24.8 Å². The highest BCUT2D eigenvalue weighted by Crippen LogP contribution is 2.25. The van der Waals surface area contributed by atoms with Crippen molar-refractivity contribution in [3.8, 4) is 0 Å². The number of rotatable bonds is 7. The lowest BCUT2D eigenvalue weighted by atomic mass is 9.94. The Bertz CT molecular complexity index is 379. The molecule has 0 aromatic heterocycles. The zero-order valence-corrected chi connectivity index (χ0v) is 11.3. The lowest BCUT2D eigenvalue weighted by molar-refractivity contribution is -0.139. The first-order chi connectivity index (χ1) is 8.93. The fourth-order valence-corrected chi connectivity index (χ4v) is 2.31. The van der Waals surface area contributed by atoms with Crippen LogP contribution >= 0.6 is 0 Å². The first-order valence-corrected chi connectivity index (χ1v) is 6.46. The van der Waals surface area contributed by atoms with Gasteiger partial charge in [-0.3, -0.25) is 9.59 Å². The van der Waals surface area contributed by atoms with E-state index < -0.39 is 12.0 Å². The van der Waals surface area contributed by atoms with Gasteiger partial charge in [-0.25, -0.2) is 0 Å². The molecule has 1 heterocycles. The maximum Gasteiger partial charge on any atom is 0.320 e. The molecule has 3 N–H and O–H groups in total. The summed E-state index contributed by atoms with van der Waals surface area (Å²) in [6, 6.07) is -0.371. The highest BCUT2D eigenvalue weighted by molar-refractivity contribution is 5.74. The summed E-state index contributed by atoms with van der Waals surface area (Å²) in [6.07, 6.45) is 3.96. The van der Waals surface area contributed by atoms with Gasteiger partial charge in [-0.15, -0.1) is 6.58 Å². The molecule has 1 aliphatic rings. The van der Waals surface area contributed by atoms with E-state index in [2.05, 4.69) is 23.8 Å². The van der Waals surface area contributed by atoms with Gasteiger partial charge in [-0.05, 0) is 25.2 Å². The molecule has 0 unspecified atom stereocenters. The van der Waals surface area contributed by atoms with E-state index in [1.54, 1.807) is 0 Å². The molecule has 0 aliphatic carbocycles. The number of aliphatic carboxylic acids is 1. The van der Waals surface area contributed by atoms with Crippen molar-refractivity contribution >= 4 is 11.9 Å². The molecule has 1 rings (SSSR count). The van der Waals surface area contributed by atoms with Gasteiger partial charge in [0.2, 0.25) is 5.91 Å². The van der Waals surface area contributed by atoms with Crippen LogP contribution in [0.5, 0.6) is 0 Å². The molecule has 0 saturated carbocycles. The molecule has 1 aliphatic heterocycles. The molecule has 5 heteroatoms. The zero-order chi connectivity index (χ0) is 14.4. The van der Waals surface area contributed by atoms with Gasteiger partial charge >= 0.3 is 5.97 Å². The topological polar surface area (TPSA) is 78.4 Å².